The molecule has 0 amide bonds. The van der Waals surface area contributed by atoms with Crippen LogP contribution in [0.25, 0.3) is 22.3 Å². The van der Waals surface area contributed by atoms with E-state index in [1.165, 1.54) is 47.2 Å². The number of rotatable bonds is 7. The highest BCUT2D eigenvalue weighted by Crippen LogP contribution is 2.35. The Morgan fingerprint density at radius 3 is 2.41 bits per heavy atom. The molecule has 0 unspecified atom stereocenters. The molecule has 0 bridgehead atoms. The zero-order valence-corrected chi connectivity index (χ0v) is 21.8. The van der Waals surface area contributed by atoms with Gasteiger partial charge < -0.3 is 4.74 Å². The molecule has 0 N–H and O–H groups in total. The number of ether oxygens (including phenoxy) is 1. The van der Waals surface area contributed by atoms with E-state index in [2.05, 4.69) is 10.1 Å². The van der Waals surface area contributed by atoms with Crippen molar-refractivity contribution < 1.29 is 18.3 Å². The van der Waals surface area contributed by atoms with Crippen molar-refractivity contribution in [1.29, 1.82) is 0 Å². The summed E-state index contributed by atoms with van der Waals surface area (Å²) in [6, 6.07) is 18.6. The molecule has 0 aliphatic rings. The third-order valence-corrected chi connectivity index (χ3v) is 6.77. The minimum Gasteiger partial charge on any atom is -0.452 e. The van der Waals surface area contributed by atoms with E-state index in [4.69, 9.17) is 4.74 Å². The van der Waals surface area contributed by atoms with E-state index in [-0.39, 0.29) is 17.7 Å². The number of fused-ring (bicyclic) bond motifs is 1. The van der Waals surface area contributed by atoms with Gasteiger partial charge in [0.15, 0.2) is 23.1 Å². The fourth-order valence-corrected chi connectivity index (χ4v) is 4.76. The van der Waals surface area contributed by atoms with Gasteiger partial charge in [0.05, 0.1) is 11.8 Å². The van der Waals surface area contributed by atoms with Crippen molar-refractivity contribution >= 4 is 11.3 Å². The van der Waals surface area contributed by atoms with Gasteiger partial charge in [0.1, 0.15) is 11.3 Å². The van der Waals surface area contributed by atoms with E-state index in [1.54, 1.807) is 54.4 Å². The predicted molar refractivity (Wildman–Crippen MR) is 150 cm³/mol. The summed E-state index contributed by atoms with van der Waals surface area (Å²) in [5.41, 5.74) is 3.20. The molecule has 0 aliphatic heterocycles. The van der Waals surface area contributed by atoms with E-state index in [1.807, 2.05) is 18.2 Å². The van der Waals surface area contributed by atoms with Gasteiger partial charge in [-0.3, -0.25) is 19.1 Å². The fraction of sp³-hybridized carbons (Fsp3) is 0.0625. The normalized spacial score (nSPS) is 11.1. The van der Waals surface area contributed by atoms with Crippen LogP contribution in [0.15, 0.2) is 109 Å². The van der Waals surface area contributed by atoms with Gasteiger partial charge in [0, 0.05) is 48.5 Å². The minimum atomic E-state index is -0.657. The summed E-state index contributed by atoms with van der Waals surface area (Å²) in [7, 11) is 0. The Balaban J connectivity index is 1.27. The topological polar surface area (TPSA) is 78.5 Å². The van der Waals surface area contributed by atoms with Crippen LogP contribution in [0, 0.1) is 18.6 Å². The van der Waals surface area contributed by atoms with Crippen molar-refractivity contribution in [2.24, 2.45) is 0 Å². The second-order valence-corrected chi connectivity index (χ2v) is 9.45. The Kier molecular flexibility index (Phi) is 6.68. The Hall–Kier alpha value is -5.44. The molecule has 0 saturated heterocycles. The van der Waals surface area contributed by atoms with Crippen molar-refractivity contribution in [1.82, 2.24) is 19.2 Å². The summed E-state index contributed by atoms with van der Waals surface area (Å²) < 4.78 is 37.5. The maximum Gasteiger partial charge on any atom is 0.266 e. The van der Waals surface area contributed by atoms with Crippen LogP contribution < -0.4 is 10.3 Å². The largest absolute Gasteiger partial charge is 0.452 e. The third kappa shape index (κ3) is 5.00. The van der Waals surface area contributed by atoms with Crippen molar-refractivity contribution in [2.75, 3.05) is 0 Å². The first-order chi connectivity index (χ1) is 19.9. The molecule has 6 aromatic rings. The molecule has 0 saturated carbocycles. The second kappa shape index (κ2) is 10.6. The maximum atomic E-state index is 15.3. The Morgan fingerprint density at radius 2 is 1.66 bits per heavy atom. The first kappa shape index (κ1) is 25.8. The number of carbonyl (C=O) groups excluding carboxylic acids is 1. The molecule has 4 heterocycles. The molecule has 7 nitrogen and oxygen atoms in total. The summed E-state index contributed by atoms with van der Waals surface area (Å²) in [6.45, 7) is 1.67. The van der Waals surface area contributed by atoms with E-state index >= 15 is 4.39 Å². The third-order valence-electron chi connectivity index (χ3n) is 6.77. The number of halogens is 2. The lowest BCUT2D eigenvalue weighted by Crippen LogP contribution is -2.27. The number of pyridine rings is 2. The van der Waals surface area contributed by atoms with Crippen molar-refractivity contribution in [3.63, 3.8) is 0 Å². The van der Waals surface area contributed by atoms with Gasteiger partial charge >= 0.3 is 0 Å². The zero-order chi connectivity index (χ0) is 28.5. The second-order valence-electron chi connectivity index (χ2n) is 9.45. The van der Waals surface area contributed by atoms with Gasteiger partial charge in [-0.25, -0.2) is 13.3 Å². The first-order valence-electron chi connectivity index (χ1n) is 12.7. The average molecular weight is 549 g/mol. The summed E-state index contributed by atoms with van der Waals surface area (Å²) in [4.78, 5) is 30.5. The standard InChI is InChI=1S/C32H22F2N4O3/c1-20-11-16-37(24-5-3-23(33)4-6-24)32(40)30(20)27(39)19-21-2-7-28(26(34)18-21)41-29-10-15-36-38-17-12-25(31(29)38)22-8-13-35-14-9-22/h2-18H,19H2,1H3. The SMILES string of the molecule is Cc1ccn(-c2ccc(F)cc2)c(=O)c1C(=O)Cc1ccc(Oc2ccnn3ccc(-c4ccncc4)c23)c(F)c1. The van der Waals surface area contributed by atoms with E-state index in [0.717, 1.165) is 11.1 Å². The van der Waals surface area contributed by atoms with Crippen LogP contribution in [0.2, 0.25) is 0 Å². The lowest BCUT2D eigenvalue weighted by atomic mass is 10.0. The number of aryl methyl sites for hydroxylation is 1. The predicted octanol–water partition coefficient (Wildman–Crippen LogP) is 6.35. The molecule has 9 heteroatoms. The van der Waals surface area contributed by atoms with Gasteiger partial charge in [-0.15, -0.1) is 0 Å². The molecule has 0 aliphatic carbocycles. The number of Topliss-reactive ketones (excluding diaryl/α,β-unsaturated/α-hetero) is 1. The van der Waals surface area contributed by atoms with Crippen LogP contribution in [0.3, 0.4) is 0 Å². The van der Waals surface area contributed by atoms with Crippen LogP contribution in [0.4, 0.5) is 8.78 Å². The van der Waals surface area contributed by atoms with Crippen molar-refractivity contribution in [2.45, 2.75) is 13.3 Å². The lowest BCUT2D eigenvalue weighted by molar-refractivity contribution is 0.0990. The molecular weight excluding hydrogens is 526 g/mol. The Morgan fingerprint density at radius 1 is 0.878 bits per heavy atom. The van der Waals surface area contributed by atoms with Crippen molar-refractivity contribution in [3.8, 4) is 28.3 Å². The molecule has 0 atom stereocenters. The van der Waals surface area contributed by atoms with Gasteiger partial charge in [-0.1, -0.05) is 6.07 Å². The number of carbonyl (C=O) groups is 1. The van der Waals surface area contributed by atoms with Crippen molar-refractivity contribution in [3.05, 3.63) is 142 Å². The fourth-order valence-electron chi connectivity index (χ4n) is 4.76. The Labute approximate surface area is 232 Å². The number of nitrogens with zero attached hydrogens (tertiary/aromatic N) is 4. The number of benzene rings is 2. The highest BCUT2D eigenvalue weighted by molar-refractivity contribution is 5.98. The Bertz CT molecular complexity index is 1970. The van der Waals surface area contributed by atoms with Gasteiger partial charge in [0.25, 0.3) is 5.56 Å². The quantitative estimate of drug-likeness (QED) is 0.217. The summed E-state index contributed by atoms with van der Waals surface area (Å²) in [6.07, 6.45) is 8.07. The van der Waals surface area contributed by atoms with E-state index < -0.39 is 23.0 Å². The number of hydrogen-bond donors (Lipinski definition) is 0. The molecule has 202 valence electrons. The highest BCUT2D eigenvalue weighted by Gasteiger charge is 2.19. The minimum absolute atomic E-state index is 0.00592. The summed E-state index contributed by atoms with van der Waals surface area (Å²) in [5.74, 6) is -1.17. The van der Waals surface area contributed by atoms with Crippen LogP contribution in [0.1, 0.15) is 21.5 Å². The first-order valence-corrected chi connectivity index (χ1v) is 12.7. The maximum absolute atomic E-state index is 15.3. The molecule has 2 aromatic carbocycles. The zero-order valence-electron chi connectivity index (χ0n) is 21.8. The van der Waals surface area contributed by atoms with Gasteiger partial charge in [-0.05, 0) is 84.3 Å². The molecular formula is C32H22F2N4O3. The van der Waals surface area contributed by atoms with E-state index in [0.29, 0.717) is 28.1 Å². The van der Waals surface area contributed by atoms with Crippen LogP contribution >= 0.6 is 0 Å². The molecule has 0 spiro atoms. The van der Waals surface area contributed by atoms with Gasteiger partial charge in [0.2, 0.25) is 0 Å². The average Bonchev–Trinajstić information content (AvgIpc) is 3.41. The number of aromatic nitrogens is 4. The number of hydrogen-bond acceptors (Lipinski definition) is 5. The van der Waals surface area contributed by atoms with Crippen LogP contribution in [0.5, 0.6) is 11.5 Å². The highest BCUT2D eigenvalue weighted by atomic mass is 19.1. The molecule has 4 aromatic heterocycles. The smallest absolute Gasteiger partial charge is 0.266 e. The summed E-state index contributed by atoms with van der Waals surface area (Å²) >= 11 is 0. The molecule has 41 heavy (non-hydrogen) atoms. The number of ketones is 1. The van der Waals surface area contributed by atoms with Crippen LogP contribution in [-0.2, 0) is 6.42 Å². The van der Waals surface area contributed by atoms with Gasteiger partial charge in [-0.2, -0.15) is 5.10 Å². The molecule has 0 fully saturated rings. The molecule has 0 radical (unpaired) electrons. The van der Waals surface area contributed by atoms with E-state index in [9.17, 15) is 14.0 Å². The lowest BCUT2D eigenvalue weighted by Gasteiger charge is -2.12. The monoisotopic (exact) mass is 548 g/mol. The summed E-state index contributed by atoms with van der Waals surface area (Å²) in [5, 5.41) is 4.32. The van der Waals surface area contributed by atoms with Crippen LogP contribution in [-0.4, -0.2) is 24.9 Å². The molecule has 6 rings (SSSR count).